The lowest BCUT2D eigenvalue weighted by Gasteiger charge is -2.26. The van der Waals surface area contributed by atoms with Crippen molar-refractivity contribution in [2.75, 3.05) is 32.1 Å². The molecule has 2 nitrogen and oxygen atoms in total. The van der Waals surface area contributed by atoms with Gasteiger partial charge in [0.1, 0.15) is 0 Å². The lowest BCUT2D eigenvalue weighted by atomic mass is 9.95. The molecule has 3 heteroatoms. The van der Waals surface area contributed by atoms with Gasteiger partial charge in [-0.05, 0) is 32.1 Å². The van der Waals surface area contributed by atoms with Crippen LogP contribution in [-0.2, 0) is 0 Å². The van der Waals surface area contributed by atoms with Gasteiger partial charge in [-0.1, -0.05) is 19.3 Å². The Morgan fingerprint density at radius 2 is 2.00 bits per heavy atom. The van der Waals surface area contributed by atoms with E-state index in [1.54, 1.807) is 0 Å². The summed E-state index contributed by atoms with van der Waals surface area (Å²) < 4.78 is 0. The van der Waals surface area contributed by atoms with E-state index in [1.165, 1.54) is 50.9 Å². The van der Waals surface area contributed by atoms with Crippen LogP contribution in [0.15, 0.2) is 0 Å². The molecule has 15 heavy (non-hydrogen) atoms. The second-order valence-electron chi connectivity index (χ2n) is 4.82. The number of thioether (sulfide) groups is 1. The monoisotopic (exact) mass is 230 g/mol. The number of hydrogen-bond acceptors (Lipinski definition) is 3. The molecule has 2 N–H and O–H groups in total. The highest BCUT2D eigenvalue weighted by Gasteiger charge is 2.21. The summed E-state index contributed by atoms with van der Waals surface area (Å²) in [5, 5.41) is 0. The minimum atomic E-state index is 0.448. The molecule has 0 bridgehead atoms. The van der Waals surface area contributed by atoms with E-state index in [0.29, 0.717) is 6.04 Å². The van der Waals surface area contributed by atoms with Crippen molar-refractivity contribution in [1.29, 1.82) is 0 Å². The first-order chi connectivity index (χ1) is 7.24. The minimum absolute atomic E-state index is 0.448. The zero-order valence-corrected chi connectivity index (χ0v) is 11.1. The molecule has 0 aromatic carbocycles. The summed E-state index contributed by atoms with van der Waals surface area (Å²) in [5.74, 6) is 1.97. The van der Waals surface area contributed by atoms with Crippen molar-refractivity contribution in [1.82, 2.24) is 4.90 Å². The average Bonchev–Trinajstić information content (AvgIpc) is 2.42. The van der Waals surface area contributed by atoms with E-state index < -0.39 is 0 Å². The van der Waals surface area contributed by atoms with Gasteiger partial charge in [-0.25, -0.2) is 0 Å². The van der Waals surface area contributed by atoms with Crippen molar-refractivity contribution >= 4 is 11.8 Å². The number of nitrogens with two attached hydrogens (primary N) is 1. The van der Waals surface area contributed by atoms with Crippen LogP contribution in [0.3, 0.4) is 0 Å². The van der Waals surface area contributed by atoms with E-state index in [9.17, 15) is 0 Å². The first-order valence-corrected chi connectivity index (χ1v) is 7.56. The normalized spacial score (nSPS) is 28.0. The van der Waals surface area contributed by atoms with Gasteiger partial charge < -0.3 is 10.6 Å². The zero-order chi connectivity index (χ0) is 11.1. The van der Waals surface area contributed by atoms with Gasteiger partial charge in [-0.2, -0.15) is 11.8 Å². The summed E-state index contributed by atoms with van der Waals surface area (Å²) in [6, 6.07) is 0.448. The molecule has 1 aliphatic rings. The molecule has 1 fully saturated rings. The summed E-state index contributed by atoms with van der Waals surface area (Å²) >= 11 is 1.92. The lowest BCUT2D eigenvalue weighted by Crippen LogP contribution is -2.38. The number of nitrogens with zero attached hydrogens (tertiary/aromatic N) is 1. The smallest absolute Gasteiger partial charge is 0.00793 e. The molecule has 90 valence electrons. The fourth-order valence-corrected chi connectivity index (χ4v) is 2.87. The fourth-order valence-electron chi connectivity index (χ4n) is 2.38. The van der Waals surface area contributed by atoms with E-state index in [4.69, 9.17) is 5.73 Å². The molecular formula is C12H26N2S. The van der Waals surface area contributed by atoms with Gasteiger partial charge in [0.2, 0.25) is 0 Å². The van der Waals surface area contributed by atoms with Crippen LogP contribution >= 0.6 is 11.8 Å². The van der Waals surface area contributed by atoms with Gasteiger partial charge in [-0.3, -0.25) is 0 Å². The fraction of sp³-hybridized carbons (Fsp3) is 1.00. The molecule has 1 aliphatic carbocycles. The number of hydrogen-bond donors (Lipinski definition) is 1. The lowest BCUT2D eigenvalue weighted by molar-refractivity contribution is 0.253. The van der Waals surface area contributed by atoms with E-state index >= 15 is 0 Å². The molecule has 0 saturated heterocycles. The third-order valence-corrected chi connectivity index (χ3v) is 4.03. The third-order valence-electron chi connectivity index (χ3n) is 3.44. The van der Waals surface area contributed by atoms with Crippen molar-refractivity contribution in [3.63, 3.8) is 0 Å². The molecule has 0 aromatic heterocycles. The van der Waals surface area contributed by atoms with Crippen molar-refractivity contribution in [2.45, 2.75) is 38.1 Å². The van der Waals surface area contributed by atoms with E-state index in [0.717, 1.165) is 5.92 Å². The van der Waals surface area contributed by atoms with Crippen LogP contribution in [0.2, 0.25) is 0 Å². The largest absolute Gasteiger partial charge is 0.327 e. The maximum atomic E-state index is 6.22. The summed E-state index contributed by atoms with van der Waals surface area (Å²) in [5.41, 5.74) is 6.22. The Balaban J connectivity index is 2.27. The highest BCUT2D eigenvalue weighted by atomic mass is 32.2. The van der Waals surface area contributed by atoms with E-state index in [-0.39, 0.29) is 0 Å². The topological polar surface area (TPSA) is 29.3 Å². The molecule has 1 saturated carbocycles. The van der Waals surface area contributed by atoms with Crippen LogP contribution in [0, 0.1) is 5.92 Å². The molecule has 0 radical (unpaired) electrons. The number of rotatable bonds is 5. The molecule has 2 unspecified atom stereocenters. The third kappa shape index (κ3) is 5.23. The van der Waals surface area contributed by atoms with Crippen LogP contribution in [0.25, 0.3) is 0 Å². The molecular weight excluding hydrogens is 204 g/mol. The van der Waals surface area contributed by atoms with Gasteiger partial charge in [0.25, 0.3) is 0 Å². The Morgan fingerprint density at radius 1 is 1.27 bits per heavy atom. The standard InChI is InChI=1S/C12H26N2S/c1-14(8-9-15-2)10-11-6-4-3-5-7-12(11)13/h11-12H,3-10,13H2,1-2H3. The van der Waals surface area contributed by atoms with Crippen molar-refractivity contribution < 1.29 is 0 Å². The van der Waals surface area contributed by atoms with Crippen molar-refractivity contribution in [3.05, 3.63) is 0 Å². The second-order valence-corrected chi connectivity index (χ2v) is 5.80. The van der Waals surface area contributed by atoms with Gasteiger partial charge in [0.15, 0.2) is 0 Å². The van der Waals surface area contributed by atoms with Crippen LogP contribution in [0.4, 0.5) is 0 Å². The summed E-state index contributed by atoms with van der Waals surface area (Å²) in [6.07, 6.45) is 8.86. The summed E-state index contributed by atoms with van der Waals surface area (Å²) in [7, 11) is 2.23. The first-order valence-electron chi connectivity index (χ1n) is 6.17. The SMILES string of the molecule is CSCCN(C)CC1CCCCCC1N. The zero-order valence-electron chi connectivity index (χ0n) is 10.2. The quantitative estimate of drug-likeness (QED) is 0.734. The Labute approximate surface area is 99.0 Å². The van der Waals surface area contributed by atoms with Gasteiger partial charge in [-0.15, -0.1) is 0 Å². The van der Waals surface area contributed by atoms with Crippen molar-refractivity contribution in [3.8, 4) is 0 Å². The molecule has 1 rings (SSSR count). The molecule has 2 atom stereocenters. The highest BCUT2D eigenvalue weighted by molar-refractivity contribution is 7.98. The van der Waals surface area contributed by atoms with E-state index in [1.807, 2.05) is 11.8 Å². The molecule has 0 amide bonds. The predicted octanol–water partition coefficient (Wildman–Crippen LogP) is 2.19. The maximum Gasteiger partial charge on any atom is 0.00793 e. The van der Waals surface area contributed by atoms with Gasteiger partial charge in [0, 0.05) is 24.9 Å². The maximum absolute atomic E-state index is 6.22. The molecule has 0 spiro atoms. The average molecular weight is 230 g/mol. The summed E-state index contributed by atoms with van der Waals surface area (Å²) in [4.78, 5) is 2.45. The van der Waals surface area contributed by atoms with Crippen molar-refractivity contribution in [2.24, 2.45) is 11.7 Å². The summed E-state index contributed by atoms with van der Waals surface area (Å²) in [6.45, 7) is 2.39. The first kappa shape index (κ1) is 13.3. The Morgan fingerprint density at radius 3 is 2.73 bits per heavy atom. The molecule has 0 heterocycles. The van der Waals surface area contributed by atoms with E-state index in [2.05, 4.69) is 18.2 Å². The molecule has 0 aliphatic heterocycles. The Kier molecular flexibility index (Phi) is 6.69. The van der Waals surface area contributed by atoms with Crippen LogP contribution in [-0.4, -0.2) is 43.1 Å². The van der Waals surface area contributed by atoms with Gasteiger partial charge >= 0.3 is 0 Å². The molecule has 0 aromatic rings. The Hall–Kier alpha value is 0.270. The Bertz CT molecular complexity index is 164. The predicted molar refractivity (Wildman–Crippen MR) is 70.4 cm³/mol. The van der Waals surface area contributed by atoms with Crippen LogP contribution in [0.1, 0.15) is 32.1 Å². The van der Waals surface area contributed by atoms with Crippen LogP contribution < -0.4 is 5.73 Å². The minimum Gasteiger partial charge on any atom is -0.327 e. The van der Waals surface area contributed by atoms with Crippen LogP contribution in [0.5, 0.6) is 0 Å². The van der Waals surface area contributed by atoms with Gasteiger partial charge in [0.05, 0.1) is 0 Å². The second kappa shape index (κ2) is 7.53. The highest BCUT2D eigenvalue weighted by Crippen LogP contribution is 2.22.